The summed E-state index contributed by atoms with van der Waals surface area (Å²) >= 11 is 0. The Morgan fingerprint density at radius 3 is 2.56 bits per heavy atom. The van der Waals surface area contributed by atoms with E-state index < -0.39 is 64.2 Å². The quantitative estimate of drug-likeness (QED) is 0.452. The van der Waals surface area contributed by atoms with E-state index >= 15 is 0 Å². The van der Waals surface area contributed by atoms with E-state index in [0.29, 0.717) is 6.42 Å². The van der Waals surface area contributed by atoms with Gasteiger partial charge in [-0.15, -0.1) is 13.2 Å². The number of halogens is 3. The van der Waals surface area contributed by atoms with Crippen LogP contribution in [0.4, 0.5) is 13.2 Å². The Morgan fingerprint density at radius 1 is 1.21 bits per heavy atom. The molecule has 5 rings (SSSR count). The molecule has 1 aromatic carbocycles. The normalized spacial score (nSPS) is 26.2. The molecule has 3 aliphatic carbocycles. The van der Waals surface area contributed by atoms with E-state index in [0.717, 1.165) is 18.6 Å². The second kappa shape index (κ2) is 9.26. The number of fused-ring (bicyclic) bond motifs is 4. The van der Waals surface area contributed by atoms with E-state index in [2.05, 4.69) is 9.89 Å². The molecule has 1 heterocycles. The highest BCUT2D eigenvalue weighted by Gasteiger charge is 2.64. The average Bonchev–Trinajstić information content (AvgIpc) is 3.25. The van der Waals surface area contributed by atoms with E-state index in [1.54, 1.807) is 19.0 Å². The van der Waals surface area contributed by atoms with Gasteiger partial charge in [0.2, 0.25) is 5.78 Å². The topological polar surface area (TPSA) is 143 Å². The number of allylic oxidation sites excluding steroid dienone is 1. The number of ether oxygens (including phenoxy) is 2. The van der Waals surface area contributed by atoms with Crippen LogP contribution in [0.15, 0.2) is 28.0 Å². The fourth-order valence-corrected chi connectivity index (χ4v) is 6.03. The summed E-state index contributed by atoms with van der Waals surface area (Å²) in [6, 6.07) is 0.984. The van der Waals surface area contributed by atoms with Crippen molar-refractivity contribution in [1.82, 2.24) is 10.1 Å². The van der Waals surface area contributed by atoms with Gasteiger partial charge in [-0.3, -0.25) is 14.5 Å². The molecule has 0 radical (unpaired) electrons. The van der Waals surface area contributed by atoms with Gasteiger partial charge in [-0.05, 0) is 56.6 Å². The zero-order chi connectivity index (χ0) is 28.4. The lowest BCUT2D eigenvalue weighted by atomic mass is 9.58. The van der Waals surface area contributed by atoms with Crippen molar-refractivity contribution in [3.8, 4) is 17.4 Å². The zero-order valence-corrected chi connectivity index (χ0v) is 21.3. The van der Waals surface area contributed by atoms with Crippen LogP contribution in [0.25, 0.3) is 0 Å². The van der Waals surface area contributed by atoms with Crippen LogP contribution in [-0.2, 0) is 6.42 Å². The standard InChI is InChI=1S/C26H27F3N2O8/c1-4-5-8-37-24-18-21(39-30-24)19(31(2)3)13-10-11-9-12-15(38-26(27,28)29)7-6-14(32)17(12)20(33)16(11)22(34)25(13,36)23(18)35/h6-7,11,13,19,32,34,36H,4-5,8-10H2,1-3H3/t11-,13-,19-,25-/m0/s1. The van der Waals surface area contributed by atoms with E-state index in [4.69, 9.17) is 9.26 Å². The number of ketones is 2. The predicted octanol–water partition coefficient (Wildman–Crippen LogP) is 3.88. The number of aromatic hydroxyl groups is 1. The third kappa shape index (κ3) is 4.06. The van der Waals surface area contributed by atoms with Crippen LogP contribution in [0.5, 0.6) is 17.4 Å². The van der Waals surface area contributed by atoms with Gasteiger partial charge < -0.3 is 29.3 Å². The molecule has 0 amide bonds. The molecule has 0 saturated carbocycles. The van der Waals surface area contributed by atoms with E-state index in [1.807, 2.05) is 6.92 Å². The molecular formula is C26H27F3N2O8. The largest absolute Gasteiger partial charge is 0.573 e. The lowest BCUT2D eigenvalue weighted by molar-refractivity contribution is -0.275. The number of carbonyl (C=O) groups excluding carboxylic acids is 2. The first-order valence-electron chi connectivity index (χ1n) is 12.5. The number of phenols is 1. The second-order valence-corrected chi connectivity index (χ2v) is 10.3. The Labute approximate surface area is 220 Å². The molecule has 0 bridgehead atoms. The maximum Gasteiger partial charge on any atom is 0.573 e. The number of hydrogen-bond donors (Lipinski definition) is 3. The number of benzene rings is 1. The Bertz CT molecular complexity index is 1380. The van der Waals surface area contributed by atoms with Crippen LogP contribution in [0.1, 0.15) is 64.3 Å². The molecule has 3 aliphatic rings. The third-order valence-electron chi connectivity index (χ3n) is 7.70. The van der Waals surface area contributed by atoms with Crippen molar-refractivity contribution in [2.45, 2.75) is 50.6 Å². The van der Waals surface area contributed by atoms with Gasteiger partial charge in [0, 0.05) is 17.1 Å². The lowest BCUT2D eigenvalue weighted by Gasteiger charge is -2.49. The molecule has 1 aromatic heterocycles. The highest BCUT2D eigenvalue weighted by atomic mass is 19.4. The number of Topliss-reactive ketones (excluding diaryl/α,β-unsaturated/α-hetero) is 2. The van der Waals surface area contributed by atoms with Gasteiger partial charge in [-0.1, -0.05) is 13.3 Å². The molecule has 210 valence electrons. The molecule has 10 nitrogen and oxygen atoms in total. The maximum absolute atomic E-state index is 13.8. The van der Waals surface area contributed by atoms with Gasteiger partial charge in [0.05, 0.1) is 18.2 Å². The minimum Gasteiger partial charge on any atom is -0.508 e. The number of hydrogen-bond acceptors (Lipinski definition) is 10. The summed E-state index contributed by atoms with van der Waals surface area (Å²) in [4.78, 5) is 29.1. The van der Waals surface area contributed by atoms with E-state index in [1.165, 1.54) is 0 Å². The van der Waals surface area contributed by atoms with Gasteiger partial charge >= 0.3 is 6.36 Å². The minimum absolute atomic E-state index is 0.0804. The molecule has 0 unspecified atom stereocenters. The SMILES string of the molecule is CCCCOc1noc2c1C(=O)[C@@]1(O)C(O)=C3C(=O)c4c(O)ccc(OC(F)(F)F)c4C[C@H]3C[C@H]1[C@@H]2N(C)C. The van der Waals surface area contributed by atoms with Crippen molar-refractivity contribution < 1.29 is 52.1 Å². The summed E-state index contributed by atoms with van der Waals surface area (Å²) in [5.74, 6) is -6.13. The molecule has 0 fully saturated rings. The van der Waals surface area contributed by atoms with Crippen LogP contribution in [0, 0.1) is 11.8 Å². The van der Waals surface area contributed by atoms with Gasteiger partial charge in [0.25, 0.3) is 5.88 Å². The number of carbonyl (C=O) groups is 2. The number of rotatable bonds is 6. The predicted molar refractivity (Wildman–Crippen MR) is 127 cm³/mol. The molecule has 39 heavy (non-hydrogen) atoms. The molecule has 0 saturated heterocycles. The summed E-state index contributed by atoms with van der Waals surface area (Å²) in [6.45, 7) is 2.17. The molecule has 0 spiro atoms. The summed E-state index contributed by atoms with van der Waals surface area (Å²) in [6.07, 6.45) is -3.89. The van der Waals surface area contributed by atoms with Crippen LogP contribution < -0.4 is 9.47 Å². The summed E-state index contributed by atoms with van der Waals surface area (Å²) < 4.78 is 54.5. The molecule has 4 atom stereocenters. The smallest absolute Gasteiger partial charge is 0.508 e. The first-order valence-corrected chi connectivity index (χ1v) is 12.5. The highest BCUT2D eigenvalue weighted by Crippen LogP contribution is 2.57. The summed E-state index contributed by atoms with van der Waals surface area (Å²) in [7, 11) is 3.32. The number of unbranched alkanes of at least 4 members (excludes halogenated alkanes) is 1. The number of phenolic OH excluding ortho intramolecular Hbond substituents is 1. The number of nitrogens with zero attached hydrogens (tertiary/aromatic N) is 2. The highest BCUT2D eigenvalue weighted by molar-refractivity contribution is 6.16. The number of aromatic nitrogens is 1. The van der Waals surface area contributed by atoms with Gasteiger partial charge in [-0.2, -0.15) is 0 Å². The fraction of sp³-hybridized carbons (Fsp3) is 0.500. The van der Waals surface area contributed by atoms with Gasteiger partial charge in [0.1, 0.15) is 22.8 Å². The van der Waals surface area contributed by atoms with Crippen molar-refractivity contribution in [3.05, 3.63) is 45.9 Å². The van der Waals surface area contributed by atoms with Crippen LogP contribution >= 0.6 is 0 Å². The molecular weight excluding hydrogens is 525 g/mol. The van der Waals surface area contributed by atoms with Crippen molar-refractivity contribution in [3.63, 3.8) is 0 Å². The summed E-state index contributed by atoms with van der Waals surface area (Å²) in [5.41, 5.74) is -3.75. The Kier molecular flexibility index (Phi) is 6.41. The van der Waals surface area contributed by atoms with Crippen LogP contribution in [0.2, 0.25) is 0 Å². The van der Waals surface area contributed by atoms with Gasteiger partial charge in [-0.25, -0.2) is 0 Å². The molecule has 0 aliphatic heterocycles. The van der Waals surface area contributed by atoms with E-state index in [-0.39, 0.29) is 47.8 Å². The lowest BCUT2D eigenvalue weighted by Crippen LogP contribution is -2.59. The molecule has 3 N–H and O–H groups in total. The Balaban J connectivity index is 1.66. The Morgan fingerprint density at radius 2 is 1.92 bits per heavy atom. The van der Waals surface area contributed by atoms with Gasteiger partial charge in [0.15, 0.2) is 17.1 Å². The second-order valence-electron chi connectivity index (χ2n) is 10.3. The average molecular weight is 553 g/mol. The van der Waals surface area contributed by atoms with Crippen molar-refractivity contribution in [1.29, 1.82) is 0 Å². The number of aliphatic hydroxyl groups excluding tert-OH is 1. The molecule has 13 heteroatoms. The van der Waals surface area contributed by atoms with Crippen LogP contribution in [0.3, 0.4) is 0 Å². The molecule has 2 aromatic rings. The number of aliphatic hydroxyl groups is 2. The first-order chi connectivity index (χ1) is 18.3. The monoisotopic (exact) mass is 552 g/mol. The van der Waals surface area contributed by atoms with Crippen LogP contribution in [-0.4, -0.2) is 69.6 Å². The third-order valence-corrected chi connectivity index (χ3v) is 7.70. The summed E-state index contributed by atoms with van der Waals surface area (Å²) in [5, 5.41) is 37.6. The Hall–Kier alpha value is -3.58. The zero-order valence-electron chi connectivity index (χ0n) is 21.3. The fourth-order valence-electron chi connectivity index (χ4n) is 6.03. The van der Waals surface area contributed by atoms with E-state index in [9.17, 15) is 38.1 Å². The van der Waals surface area contributed by atoms with Crippen molar-refractivity contribution >= 4 is 11.6 Å². The van der Waals surface area contributed by atoms with Crippen molar-refractivity contribution in [2.24, 2.45) is 11.8 Å². The number of alkyl halides is 3. The minimum atomic E-state index is -5.05. The van der Waals surface area contributed by atoms with Crippen molar-refractivity contribution in [2.75, 3.05) is 20.7 Å². The first kappa shape index (κ1) is 27.0. The maximum atomic E-state index is 13.8.